The Hall–Kier alpha value is -6.44. The van der Waals surface area contributed by atoms with Crippen LogP contribution in [-0.2, 0) is 29.3 Å². The van der Waals surface area contributed by atoms with Gasteiger partial charge in [0.25, 0.3) is 0 Å². The number of hydrogen-bond donors (Lipinski definition) is 2. The molecule has 0 aromatic heterocycles. The number of nitrogens with one attached hydrogen (secondary N) is 2. The molecule has 0 saturated heterocycles. The van der Waals surface area contributed by atoms with Crippen LogP contribution in [0.5, 0.6) is 0 Å². The predicted molar refractivity (Wildman–Crippen MR) is 262 cm³/mol. The van der Waals surface area contributed by atoms with E-state index in [1.54, 1.807) is 6.07 Å². The molecule has 8 rings (SSSR count). The minimum absolute atomic E-state index is 0.0324. The van der Waals surface area contributed by atoms with Crippen LogP contribution < -0.4 is 26.5 Å². The SMILES string of the molecule is CC(C)(C)c1cc(C[P+](c2ccccc2)(c2ccccc2)c2ccc3ccccc3c2-c2c(NC(=O)Nc3cc(C(F)(F)F)cc(C(F)(F)F)c3)ccc3ccccc23)cc(C(C)(C)C)c1. The van der Waals surface area contributed by atoms with Crippen LogP contribution >= 0.6 is 7.26 Å². The highest BCUT2D eigenvalue weighted by Crippen LogP contribution is 2.61. The number of amides is 2. The van der Waals surface area contributed by atoms with E-state index in [1.165, 1.54) is 16.7 Å². The van der Waals surface area contributed by atoms with Crippen LogP contribution in [0.1, 0.15) is 69.4 Å². The molecular formula is C56H50F6N2OP+. The van der Waals surface area contributed by atoms with Gasteiger partial charge in [0.1, 0.15) is 23.2 Å². The molecule has 0 aliphatic carbocycles. The van der Waals surface area contributed by atoms with Crippen LogP contribution in [0.3, 0.4) is 0 Å². The van der Waals surface area contributed by atoms with E-state index < -0.39 is 42.5 Å². The van der Waals surface area contributed by atoms with E-state index in [1.807, 2.05) is 60.7 Å². The summed E-state index contributed by atoms with van der Waals surface area (Å²) in [5, 5.41) is 12.0. The second-order valence-electron chi connectivity index (χ2n) is 18.8. The topological polar surface area (TPSA) is 41.1 Å². The van der Waals surface area contributed by atoms with E-state index in [0.29, 0.717) is 29.5 Å². The van der Waals surface area contributed by atoms with Gasteiger partial charge in [-0.2, -0.15) is 26.3 Å². The number of carbonyl (C=O) groups excluding carboxylic acids is 1. The Morgan fingerprint density at radius 2 is 0.909 bits per heavy atom. The molecule has 0 saturated carbocycles. The van der Waals surface area contributed by atoms with Gasteiger partial charge in [0.2, 0.25) is 0 Å². The molecular weight excluding hydrogens is 862 g/mol. The lowest BCUT2D eigenvalue weighted by atomic mass is 9.80. The molecule has 0 heterocycles. The van der Waals surface area contributed by atoms with Gasteiger partial charge in [-0.25, -0.2) is 4.79 Å². The number of carbonyl (C=O) groups is 1. The number of hydrogen-bond acceptors (Lipinski definition) is 1. The van der Waals surface area contributed by atoms with Gasteiger partial charge in [0.15, 0.2) is 0 Å². The first-order valence-corrected chi connectivity index (χ1v) is 23.7. The normalized spacial score (nSPS) is 12.7. The van der Waals surface area contributed by atoms with Gasteiger partial charge >= 0.3 is 18.4 Å². The van der Waals surface area contributed by atoms with Crippen molar-refractivity contribution >= 4 is 62.1 Å². The summed E-state index contributed by atoms with van der Waals surface area (Å²) >= 11 is 0. The lowest BCUT2D eigenvalue weighted by Gasteiger charge is -2.32. The van der Waals surface area contributed by atoms with Crippen LogP contribution in [0.25, 0.3) is 32.7 Å². The lowest BCUT2D eigenvalue weighted by Crippen LogP contribution is -2.34. The molecule has 2 amide bonds. The first-order valence-electron chi connectivity index (χ1n) is 21.7. The number of urea groups is 1. The summed E-state index contributed by atoms with van der Waals surface area (Å²) in [5.74, 6) is 0. The van der Waals surface area contributed by atoms with E-state index in [9.17, 15) is 31.1 Å². The van der Waals surface area contributed by atoms with E-state index >= 15 is 0 Å². The van der Waals surface area contributed by atoms with Crippen molar-refractivity contribution in [2.24, 2.45) is 0 Å². The number of rotatable bonds is 8. The Balaban J connectivity index is 1.43. The van der Waals surface area contributed by atoms with Gasteiger partial charge in [-0.1, -0.05) is 157 Å². The van der Waals surface area contributed by atoms with Crippen molar-refractivity contribution in [3.8, 4) is 11.1 Å². The Morgan fingerprint density at radius 1 is 0.470 bits per heavy atom. The van der Waals surface area contributed by atoms with Gasteiger partial charge < -0.3 is 10.6 Å². The summed E-state index contributed by atoms with van der Waals surface area (Å²) in [5.41, 5.74) is 1.39. The van der Waals surface area contributed by atoms with Crippen LogP contribution in [0, 0.1) is 0 Å². The van der Waals surface area contributed by atoms with E-state index in [4.69, 9.17) is 0 Å². The van der Waals surface area contributed by atoms with E-state index in [-0.39, 0.29) is 16.9 Å². The van der Waals surface area contributed by atoms with Crippen molar-refractivity contribution in [3.63, 3.8) is 0 Å². The second kappa shape index (κ2) is 17.4. The van der Waals surface area contributed by atoms with Crippen LogP contribution in [0.15, 0.2) is 170 Å². The van der Waals surface area contributed by atoms with Crippen molar-refractivity contribution in [3.05, 3.63) is 198 Å². The quantitative estimate of drug-likeness (QED) is 0.116. The van der Waals surface area contributed by atoms with Crippen LogP contribution in [-0.4, -0.2) is 6.03 Å². The smallest absolute Gasteiger partial charge is 0.308 e. The third-order valence-electron chi connectivity index (χ3n) is 12.1. The maximum atomic E-state index is 14.1. The summed E-state index contributed by atoms with van der Waals surface area (Å²) in [6.45, 7) is 13.4. The summed E-state index contributed by atoms with van der Waals surface area (Å²) in [7, 11) is -2.80. The van der Waals surface area contributed by atoms with Gasteiger partial charge in [-0.3, -0.25) is 0 Å². The first-order chi connectivity index (χ1) is 31.1. The maximum Gasteiger partial charge on any atom is 0.416 e. The molecule has 66 heavy (non-hydrogen) atoms. The Labute approximate surface area is 382 Å². The highest BCUT2D eigenvalue weighted by atomic mass is 31.2. The van der Waals surface area contributed by atoms with Crippen molar-refractivity contribution in [2.75, 3.05) is 10.6 Å². The molecule has 0 radical (unpaired) electrons. The number of fused-ring (bicyclic) bond motifs is 2. The molecule has 0 bridgehead atoms. The number of halogens is 6. The largest absolute Gasteiger partial charge is 0.416 e. The second-order valence-corrected chi connectivity index (χ2v) is 22.3. The highest BCUT2D eigenvalue weighted by Gasteiger charge is 2.48. The molecule has 10 heteroatoms. The monoisotopic (exact) mass is 911 g/mol. The minimum Gasteiger partial charge on any atom is -0.308 e. The molecule has 0 fully saturated rings. The average molecular weight is 912 g/mol. The van der Waals surface area contributed by atoms with Gasteiger partial charge in [0.05, 0.1) is 23.0 Å². The Kier molecular flexibility index (Phi) is 12.2. The summed E-state index contributed by atoms with van der Waals surface area (Å²) in [4.78, 5) is 14.1. The Morgan fingerprint density at radius 3 is 1.39 bits per heavy atom. The summed E-state index contributed by atoms with van der Waals surface area (Å²) in [6, 6.07) is 51.8. The molecule has 0 aliphatic rings. The summed E-state index contributed by atoms with van der Waals surface area (Å²) in [6.07, 6.45) is -9.57. The van der Waals surface area contributed by atoms with E-state index in [2.05, 4.69) is 137 Å². The molecule has 0 atom stereocenters. The molecule has 3 nitrogen and oxygen atoms in total. The maximum absolute atomic E-state index is 14.1. The van der Waals surface area contributed by atoms with Crippen molar-refractivity contribution in [1.82, 2.24) is 0 Å². The first kappa shape index (κ1) is 46.1. The number of benzene rings is 8. The lowest BCUT2D eigenvalue weighted by molar-refractivity contribution is -0.143. The molecule has 8 aromatic rings. The van der Waals surface area contributed by atoms with Crippen LogP contribution in [0.2, 0.25) is 0 Å². The highest BCUT2D eigenvalue weighted by molar-refractivity contribution is 7.95. The summed E-state index contributed by atoms with van der Waals surface area (Å²) < 4.78 is 83.4. The fourth-order valence-corrected chi connectivity index (χ4v) is 13.2. The number of anilines is 2. The van der Waals surface area contributed by atoms with Gasteiger partial charge in [-0.15, -0.1) is 0 Å². The zero-order valence-electron chi connectivity index (χ0n) is 37.5. The molecule has 0 spiro atoms. The van der Waals surface area contributed by atoms with Gasteiger partial charge in [0, 0.05) is 16.8 Å². The fourth-order valence-electron chi connectivity index (χ4n) is 8.78. The number of alkyl halides is 6. The average Bonchev–Trinajstić information content (AvgIpc) is 3.27. The third kappa shape index (κ3) is 9.32. The van der Waals surface area contributed by atoms with Crippen molar-refractivity contribution in [2.45, 2.75) is 70.9 Å². The molecule has 8 aromatic carbocycles. The fraction of sp³-hybridized carbons (Fsp3) is 0.196. The Bertz CT molecular complexity index is 2970. The van der Waals surface area contributed by atoms with Gasteiger partial charge in [-0.05, 0) is 104 Å². The zero-order valence-corrected chi connectivity index (χ0v) is 38.4. The van der Waals surface area contributed by atoms with E-state index in [0.717, 1.165) is 43.0 Å². The van der Waals surface area contributed by atoms with Crippen molar-refractivity contribution < 1.29 is 31.1 Å². The molecule has 336 valence electrons. The molecule has 2 N–H and O–H groups in total. The zero-order chi connectivity index (χ0) is 47.2. The predicted octanol–water partition coefficient (Wildman–Crippen LogP) is 15.4. The minimum atomic E-state index is -5.10. The molecule has 0 aliphatic heterocycles. The van der Waals surface area contributed by atoms with Crippen molar-refractivity contribution in [1.29, 1.82) is 0 Å². The third-order valence-corrected chi connectivity index (χ3v) is 16.5. The van der Waals surface area contributed by atoms with Crippen LogP contribution in [0.4, 0.5) is 42.5 Å². The standard InChI is InChI=1S/C56H49F6N2OP/c1-53(2,3)39-29-36(30-40(31-39)54(4,5)6)35-66(44-19-9-7-10-20-44,45-21-11-8-12-22-45)49-28-26-38-18-14-16-24-47(38)51(49)50-46-23-15-13-17-37(46)25-27-48(50)64-52(65)63-43-33-41(55(57,58)59)32-42(34-43)56(60,61)62/h7-34H,35H2,1-6H3,(H-,63,64,65)/p+1. The molecule has 0 unspecified atom stereocenters.